The van der Waals surface area contributed by atoms with Crippen LogP contribution in [0.15, 0.2) is 24.3 Å². The van der Waals surface area contributed by atoms with Gasteiger partial charge in [-0.25, -0.2) is 4.79 Å². The molecule has 1 saturated heterocycles. The van der Waals surface area contributed by atoms with Crippen LogP contribution >= 0.6 is 0 Å². The predicted molar refractivity (Wildman–Crippen MR) is 96.4 cm³/mol. The molecular formula is C19H30N2O3. The van der Waals surface area contributed by atoms with E-state index in [9.17, 15) is 9.90 Å². The van der Waals surface area contributed by atoms with Gasteiger partial charge in [-0.2, -0.15) is 0 Å². The van der Waals surface area contributed by atoms with E-state index in [0.29, 0.717) is 25.7 Å². The first kappa shape index (κ1) is 18.6. The lowest BCUT2D eigenvalue weighted by Gasteiger charge is -2.40. The summed E-state index contributed by atoms with van der Waals surface area (Å²) in [5, 5.41) is 9.44. The molecule has 0 unspecified atom stereocenters. The highest BCUT2D eigenvalue weighted by molar-refractivity contribution is 5.68. The zero-order valence-corrected chi connectivity index (χ0v) is 15.3. The monoisotopic (exact) mass is 334 g/mol. The largest absolute Gasteiger partial charge is 0.444 e. The molecule has 0 aliphatic carbocycles. The van der Waals surface area contributed by atoms with Crippen molar-refractivity contribution < 1.29 is 14.6 Å². The van der Waals surface area contributed by atoms with E-state index >= 15 is 0 Å². The molecule has 1 aliphatic rings. The number of aliphatic hydroxyl groups excluding tert-OH is 1. The van der Waals surface area contributed by atoms with Gasteiger partial charge in [-0.15, -0.1) is 0 Å². The number of rotatable bonds is 4. The molecule has 1 fully saturated rings. The van der Waals surface area contributed by atoms with Gasteiger partial charge in [-0.1, -0.05) is 12.1 Å². The molecule has 1 amide bonds. The fourth-order valence-corrected chi connectivity index (χ4v) is 3.12. The van der Waals surface area contributed by atoms with Gasteiger partial charge in [-0.05, 0) is 58.2 Å². The number of carbonyl (C=O) groups is 1. The van der Waals surface area contributed by atoms with Crippen molar-refractivity contribution >= 4 is 11.8 Å². The van der Waals surface area contributed by atoms with Crippen LogP contribution in [-0.4, -0.2) is 54.0 Å². The lowest BCUT2D eigenvalue weighted by Crippen LogP contribution is -2.48. The van der Waals surface area contributed by atoms with Gasteiger partial charge in [0.1, 0.15) is 5.60 Å². The highest BCUT2D eigenvalue weighted by atomic mass is 16.6. The Hall–Kier alpha value is -1.75. The molecule has 5 heteroatoms. The Morgan fingerprint density at radius 3 is 2.54 bits per heavy atom. The molecule has 1 heterocycles. The maximum atomic E-state index is 12.2. The van der Waals surface area contributed by atoms with Crippen molar-refractivity contribution in [3.8, 4) is 0 Å². The number of likely N-dealkylation sites (tertiary alicyclic amines) is 1. The Kier molecular flexibility index (Phi) is 6.10. The summed E-state index contributed by atoms with van der Waals surface area (Å²) in [4.78, 5) is 16.2. The fourth-order valence-electron chi connectivity index (χ4n) is 3.12. The highest BCUT2D eigenvalue weighted by Gasteiger charge is 2.29. The predicted octanol–water partition coefficient (Wildman–Crippen LogP) is 3.19. The average Bonchev–Trinajstić information content (AvgIpc) is 2.51. The van der Waals surface area contributed by atoms with Crippen molar-refractivity contribution in [2.24, 2.45) is 0 Å². The van der Waals surface area contributed by atoms with Crippen molar-refractivity contribution in [3.05, 3.63) is 29.8 Å². The summed E-state index contributed by atoms with van der Waals surface area (Å²) in [6, 6.07) is 8.69. The molecule has 1 aliphatic heterocycles. The number of hydrogen-bond donors (Lipinski definition) is 1. The van der Waals surface area contributed by atoms with Crippen molar-refractivity contribution in [2.45, 2.75) is 52.2 Å². The first-order chi connectivity index (χ1) is 11.3. The number of benzene rings is 1. The van der Waals surface area contributed by atoms with E-state index in [-0.39, 0.29) is 12.7 Å². The van der Waals surface area contributed by atoms with Crippen LogP contribution < -0.4 is 4.90 Å². The summed E-state index contributed by atoms with van der Waals surface area (Å²) in [6.45, 7) is 9.85. The number of ether oxygens (including phenoxy) is 1. The van der Waals surface area contributed by atoms with E-state index in [0.717, 1.165) is 18.5 Å². The zero-order valence-electron chi connectivity index (χ0n) is 15.3. The fraction of sp³-hybridized carbons (Fsp3) is 0.632. The lowest BCUT2D eigenvalue weighted by atomic mass is 10.0. The molecule has 0 bridgehead atoms. The Morgan fingerprint density at radius 1 is 1.33 bits per heavy atom. The molecule has 24 heavy (non-hydrogen) atoms. The summed E-state index contributed by atoms with van der Waals surface area (Å²) >= 11 is 0. The van der Waals surface area contributed by atoms with Crippen LogP contribution in [0.3, 0.4) is 0 Å². The van der Waals surface area contributed by atoms with Crippen molar-refractivity contribution in [1.29, 1.82) is 0 Å². The highest BCUT2D eigenvalue weighted by Crippen LogP contribution is 2.25. The van der Waals surface area contributed by atoms with Gasteiger partial charge in [-0.3, -0.25) is 0 Å². The number of aryl methyl sites for hydroxylation is 1. The Morgan fingerprint density at radius 2 is 2.00 bits per heavy atom. The van der Waals surface area contributed by atoms with E-state index < -0.39 is 5.60 Å². The normalized spacial score (nSPS) is 16.1. The molecule has 0 radical (unpaired) electrons. The molecule has 5 nitrogen and oxygen atoms in total. The minimum atomic E-state index is -0.460. The van der Waals surface area contributed by atoms with Crippen LogP contribution in [0.5, 0.6) is 0 Å². The third kappa shape index (κ3) is 5.13. The summed E-state index contributed by atoms with van der Waals surface area (Å²) in [5.41, 5.74) is 1.89. The van der Waals surface area contributed by atoms with Gasteiger partial charge in [0.2, 0.25) is 0 Å². The second-order valence-electron chi connectivity index (χ2n) is 7.45. The number of piperidine rings is 1. The molecule has 0 spiro atoms. The maximum absolute atomic E-state index is 12.2. The lowest BCUT2D eigenvalue weighted by molar-refractivity contribution is 0.0204. The average molecular weight is 334 g/mol. The van der Waals surface area contributed by atoms with E-state index in [1.54, 1.807) is 4.90 Å². The van der Waals surface area contributed by atoms with Crippen LogP contribution in [0.4, 0.5) is 10.5 Å². The van der Waals surface area contributed by atoms with E-state index in [4.69, 9.17) is 4.74 Å². The van der Waals surface area contributed by atoms with Gasteiger partial charge in [0, 0.05) is 31.4 Å². The zero-order chi connectivity index (χ0) is 17.7. The number of nitrogens with zero attached hydrogens (tertiary/aromatic N) is 2. The van der Waals surface area contributed by atoms with E-state index in [2.05, 4.69) is 30.0 Å². The molecule has 1 N–H and O–H groups in total. The molecular weight excluding hydrogens is 304 g/mol. The summed E-state index contributed by atoms with van der Waals surface area (Å²) in [6.07, 6.45) is 1.53. The van der Waals surface area contributed by atoms with Gasteiger partial charge in [0.25, 0.3) is 0 Å². The molecule has 0 saturated carbocycles. The molecule has 134 valence electrons. The number of anilines is 1. The molecule has 0 atom stereocenters. The standard InChI is InChI=1S/C19H30N2O3/c1-15-6-5-7-17(14-15)21(12-13-22)16-8-10-20(11-9-16)18(23)24-19(2,3)4/h5-7,14,16,22H,8-13H2,1-4H3. The van der Waals surface area contributed by atoms with Crippen LogP contribution in [0.25, 0.3) is 0 Å². The smallest absolute Gasteiger partial charge is 0.410 e. The SMILES string of the molecule is Cc1cccc(N(CCO)C2CCN(C(=O)OC(C)(C)C)CC2)c1. The number of hydrogen-bond acceptors (Lipinski definition) is 4. The summed E-state index contributed by atoms with van der Waals surface area (Å²) in [7, 11) is 0. The third-order valence-electron chi connectivity index (χ3n) is 4.23. The van der Waals surface area contributed by atoms with Crippen LogP contribution in [-0.2, 0) is 4.74 Å². The molecule has 0 aromatic heterocycles. The second-order valence-corrected chi connectivity index (χ2v) is 7.45. The van der Waals surface area contributed by atoms with E-state index in [1.807, 2.05) is 26.8 Å². The minimum Gasteiger partial charge on any atom is -0.444 e. The minimum absolute atomic E-state index is 0.125. The molecule has 2 rings (SSSR count). The van der Waals surface area contributed by atoms with E-state index in [1.165, 1.54) is 5.56 Å². The first-order valence-electron chi connectivity index (χ1n) is 8.72. The summed E-state index contributed by atoms with van der Waals surface area (Å²) < 4.78 is 5.45. The molecule has 1 aromatic carbocycles. The third-order valence-corrected chi connectivity index (χ3v) is 4.23. The second kappa shape index (κ2) is 7.88. The van der Waals surface area contributed by atoms with Crippen molar-refractivity contribution in [2.75, 3.05) is 31.1 Å². The Bertz CT molecular complexity index is 546. The van der Waals surface area contributed by atoms with Gasteiger partial charge >= 0.3 is 6.09 Å². The van der Waals surface area contributed by atoms with Crippen molar-refractivity contribution in [1.82, 2.24) is 4.90 Å². The van der Waals surface area contributed by atoms with Crippen molar-refractivity contribution in [3.63, 3.8) is 0 Å². The Balaban J connectivity index is 1.99. The number of amides is 1. The van der Waals surface area contributed by atoms with Crippen LogP contribution in [0, 0.1) is 6.92 Å². The van der Waals surface area contributed by atoms with Gasteiger partial charge in [0.05, 0.1) is 6.61 Å². The van der Waals surface area contributed by atoms with Gasteiger partial charge in [0.15, 0.2) is 0 Å². The van der Waals surface area contributed by atoms with Crippen LogP contribution in [0.1, 0.15) is 39.2 Å². The first-order valence-corrected chi connectivity index (χ1v) is 8.72. The molecule has 1 aromatic rings. The van der Waals surface area contributed by atoms with Crippen LogP contribution in [0.2, 0.25) is 0 Å². The number of carbonyl (C=O) groups excluding carboxylic acids is 1. The quantitative estimate of drug-likeness (QED) is 0.919. The number of aliphatic hydroxyl groups is 1. The topological polar surface area (TPSA) is 53.0 Å². The Labute approximate surface area is 145 Å². The summed E-state index contributed by atoms with van der Waals surface area (Å²) in [5.74, 6) is 0. The van der Waals surface area contributed by atoms with Gasteiger partial charge < -0.3 is 19.6 Å². The maximum Gasteiger partial charge on any atom is 0.410 e.